The second kappa shape index (κ2) is 6.29. The molecule has 15 heavy (non-hydrogen) atoms. The van der Waals surface area contributed by atoms with E-state index in [0.29, 0.717) is 0 Å². The van der Waals surface area contributed by atoms with E-state index < -0.39 is 0 Å². The van der Waals surface area contributed by atoms with Gasteiger partial charge in [0, 0.05) is 10.9 Å². The molecule has 0 aliphatic rings. The summed E-state index contributed by atoms with van der Waals surface area (Å²) < 4.78 is 0. The first kappa shape index (κ1) is 12.7. The zero-order chi connectivity index (χ0) is 11.1. The zero-order valence-corrected chi connectivity index (χ0v) is 11.2. The Bertz CT molecular complexity index is 269. The predicted molar refractivity (Wildman–Crippen MR) is 70.6 cm³/mol. The van der Waals surface area contributed by atoms with Crippen molar-refractivity contribution < 1.29 is 0 Å². The van der Waals surface area contributed by atoms with Crippen LogP contribution in [0.2, 0.25) is 0 Å². The van der Waals surface area contributed by atoms with Gasteiger partial charge in [0.1, 0.15) is 0 Å². The molecule has 0 saturated carbocycles. The fourth-order valence-corrected chi connectivity index (χ4v) is 2.51. The summed E-state index contributed by atoms with van der Waals surface area (Å²) >= 11 is 3.48. The third kappa shape index (κ3) is 5.33. The summed E-state index contributed by atoms with van der Waals surface area (Å²) in [7, 11) is 0. The van der Waals surface area contributed by atoms with Gasteiger partial charge in [-0.15, -0.1) is 0 Å². The molecule has 0 aliphatic carbocycles. The quantitative estimate of drug-likeness (QED) is 0.781. The molecule has 0 atom stereocenters. The molecule has 2 heteroatoms. The maximum Gasteiger partial charge on any atom is 0.0133 e. The van der Waals surface area contributed by atoms with Crippen molar-refractivity contribution in [3.05, 3.63) is 35.9 Å². The molecular formula is C13H20BrN. The van der Waals surface area contributed by atoms with Gasteiger partial charge >= 0.3 is 0 Å². The highest BCUT2D eigenvalue weighted by molar-refractivity contribution is 9.09. The van der Waals surface area contributed by atoms with Crippen LogP contribution in [-0.4, -0.2) is 17.4 Å². The molecule has 0 bridgehead atoms. The molecule has 84 valence electrons. The molecule has 0 saturated heterocycles. The average molecular weight is 270 g/mol. The van der Waals surface area contributed by atoms with Crippen LogP contribution in [0.25, 0.3) is 0 Å². The molecule has 0 spiro atoms. The van der Waals surface area contributed by atoms with Gasteiger partial charge in [-0.3, -0.25) is 0 Å². The lowest BCUT2D eigenvalue weighted by Gasteiger charge is -2.25. The first-order valence-electron chi connectivity index (χ1n) is 5.49. The Balaban J connectivity index is 2.27. The van der Waals surface area contributed by atoms with Crippen molar-refractivity contribution in [3.63, 3.8) is 0 Å². The van der Waals surface area contributed by atoms with Crippen molar-refractivity contribution >= 4 is 15.9 Å². The van der Waals surface area contributed by atoms with Gasteiger partial charge in [0.15, 0.2) is 0 Å². The molecule has 0 amide bonds. The molecule has 1 aromatic rings. The fourth-order valence-electron chi connectivity index (χ4n) is 1.51. The number of alkyl halides is 1. The van der Waals surface area contributed by atoms with E-state index in [1.165, 1.54) is 5.56 Å². The van der Waals surface area contributed by atoms with Crippen LogP contribution in [0.3, 0.4) is 0 Å². The summed E-state index contributed by atoms with van der Waals surface area (Å²) in [6.07, 6.45) is 2.26. The largest absolute Gasteiger partial charge is 0.311 e. The highest BCUT2D eigenvalue weighted by Gasteiger charge is 2.14. The molecule has 0 fully saturated rings. The van der Waals surface area contributed by atoms with Crippen LogP contribution >= 0.6 is 15.9 Å². The normalized spacial score (nSPS) is 11.7. The average Bonchev–Trinajstić information content (AvgIpc) is 2.19. The van der Waals surface area contributed by atoms with E-state index in [2.05, 4.69) is 65.4 Å². The third-order valence-electron chi connectivity index (χ3n) is 2.58. The highest BCUT2D eigenvalue weighted by Crippen LogP contribution is 2.10. The van der Waals surface area contributed by atoms with Gasteiger partial charge in [0.05, 0.1) is 0 Å². The summed E-state index contributed by atoms with van der Waals surface area (Å²) in [5.74, 6) is 0. The lowest BCUT2D eigenvalue weighted by atomic mass is 10.0. The number of hydrogen-bond donors (Lipinski definition) is 1. The van der Waals surface area contributed by atoms with E-state index in [1.807, 2.05) is 0 Å². The standard InChI is InChI=1S/C13H20BrN/c1-13(2,9-10-14)15-11-8-12-6-4-3-5-7-12/h3-7,15H,8-11H2,1-2H3. The number of halogens is 1. The van der Waals surface area contributed by atoms with Gasteiger partial charge in [-0.2, -0.15) is 0 Å². The molecule has 1 nitrogen and oxygen atoms in total. The molecular weight excluding hydrogens is 250 g/mol. The van der Waals surface area contributed by atoms with Crippen LogP contribution in [0.15, 0.2) is 30.3 Å². The molecule has 0 aliphatic heterocycles. The van der Waals surface area contributed by atoms with Gasteiger partial charge < -0.3 is 5.32 Å². The van der Waals surface area contributed by atoms with Gasteiger partial charge in [0.25, 0.3) is 0 Å². The van der Waals surface area contributed by atoms with Crippen molar-refractivity contribution in [2.24, 2.45) is 0 Å². The molecule has 0 heterocycles. The molecule has 0 radical (unpaired) electrons. The molecule has 1 aromatic carbocycles. The molecule has 1 rings (SSSR count). The molecule has 1 N–H and O–H groups in total. The Morgan fingerprint density at radius 2 is 1.87 bits per heavy atom. The third-order valence-corrected chi connectivity index (χ3v) is 2.98. The van der Waals surface area contributed by atoms with Crippen LogP contribution in [-0.2, 0) is 6.42 Å². The second-order valence-electron chi connectivity index (χ2n) is 4.49. The minimum absolute atomic E-state index is 0.234. The van der Waals surface area contributed by atoms with E-state index in [4.69, 9.17) is 0 Å². The minimum atomic E-state index is 0.234. The summed E-state index contributed by atoms with van der Waals surface area (Å²) in [6, 6.07) is 10.6. The number of nitrogens with one attached hydrogen (secondary N) is 1. The zero-order valence-electron chi connectivity index (χ0n) is 9.59. The molecule has 0 unspecified atom stereocenters. The first-order chi connectivity index (χ1) is 7.14. The lowest BCUT2D eigenvalue weighted by molar-refractivity contribution is 0.383. The predicted octanol–water partition coefficient (Wildman–Crippen LogP) is 3.38. The van der Waals surface area contributed by atoms with E-state index in [0.717, 1.165) is 24.7 Å². The summed E-state index contributed by atoms with van der Waals surface area (Å²) in [5, 5.41) is 4.63. The van der Waals surface area contributed by atoms with Gasteiger partial charge in [-0.05, 0) is 38.8 Å². The summed E-state index contributed by atoms with van der Waals surface area (Å²) in [6.45, 7) is 5.54. The minimum Gasteiger partial charge on any atom is -0.311 e. The summed E-state index contributed by atoms with van der Waals surface area (Å²) in [5.41, 5.74) is 1.64. The van der Waals surface area contributed by atoms with Gasteiger partial charge in [-0.1, -0.05) is 46.3 Å². The van der Waals surface area contributed by atoms with Crippen molar-refractivity contribution in [2.45, 2.75) is 32.2 Å². The number of benzene rings is 1. The number of hydrogen-bond acceptors (Lipinski definition) is 1. The van der Waals surface area contributed by atoms with Crippen LogP contribution in [0.4, 0.5) is 0 Å². The van der Waals surface area contributed by atoms with Crippen LogP contribution < -0.4 is 5.32 Å². The van der Waals surface area contributed by atoms with Crippen molar-refractivity contribution in [1.29, 1.82) is 0 Å². The Morgan fingerprint density at radius 1 is 1.20 bits per heavy atom. The SMILES string of the molecule is CC(C)(CCBr)NCCc1ccccc1. The van der Waals surface area contributed by atoms with Crippen LogP contribution in [0.5, 0.6) is 0 Å². The maximum atomic E-state index is 3.58. The van der Waals surface area contributed by atoms with Crippen molar-refractivity contribution in [3.8, 4) is 0 Å². The Hall–Kier alpha value is -0.340. The maximum absolute atomic E-state index is 3.58. The van der Waals surface area contributed by atoms with E-state index >= 15 is 0 Å². The van der Waals surface area contributed by atoms with E-state index in [-0.39, 0.29) is 5.54 Å². The van der Waals surface area contributed by atoms with E-state index in [9.17, 15) is 0 Å². The van der Waals surface area contributed by atoms with E-state index in [1.54, 1.807) is 0 Å². The van der Waals surface area contributed by atoms with Gasteiger partial charge in [-0.25, -0.2) is 0 Å². The lowest BCUT2D eigenvalue weighted by Crippen LogP contribution is -2.40. The van der Waals surface area contributed by atoms with Crippen molar-refractivity contribution in [2.75, 3.05) is 11.9 Å². The van der Waals surface area contributed by atoms with Gasteiger partial charge in [0.2, 0.25) is 0 Å². The fraction of sp³-hybridized carbons (Fsp3) is 0.538. The second-order valence-corrected chi connectivity index (χ2v) is 5.28. The topological polar surface area (TPSA) is 12.0 Å². The smallest absolute Gasteiger partial charge is 0.0133 e. The Morgan fingerprint density at radius 3 is 2.47 bits per heavy atom. The Labute approximate surface area is 101 Å². The van der Waals surface area contributed by atoms with Crippen LogP contribution in [0.1, 0.15) is 25.8 Å². The Kier molecular flexibility index (Phi) is 5.34. The van der Waals surface area contributed by atoms with Crippen molar-refractivity contribution in [1.82, 2.24) is 5.32 Å². The number of rotatable bonds is 6. The first-order valence-corrected chi connectivity index (χ1v) is 6.61. The monoisotopic (exact) mass is 269 g/mol. The summed E-state index contributed by atoms with van der Waals surface area (Å²) in [4.78, 5) is 0. The highest BCUT2D eigenvalue weighted by atomic mass is 79.9. The van der Waals surface area contributed by atoms with Crippen LogP contribution in [0, 0.1) is 0 Å². The molecule has 0 aromatic heterocycles.